The molecule has 1 aromatic rings. The molecule has 4 heteroatoms. The molecule has 1 aliphatic carbocycles. The van der Waals surface area contributed by atoms with Crippen molar-refractivity contribution in [3.63, 3.8) is 0 Å². The number of nitrogens with zero attached hydrogens (tertiary/aromatic N) is 1. The molecule has 14 heavy (non-hydrogen) atoms. The lowest BCUT2D eigenvalue weighted by molar-refractivity contribution is 0.750. The minimum Gasteiger partial charge on any atom is -0.366 e. The largest absolute Gasteiger partial charge is 0.366 e. The Morgan fingerprint density at radius 3 is 2.79 bits per heavy atom. The molecule has 1 aromatic heterocycles. The summed E-state index contributed by atoms with van der Waals surface area (Å²) in [6.07, 6.45) is 6.81. The molecule has 0 spiro atoms. The highest BCUT2D eigenvalue weighted by atomic mass is 79.9. The summed E-state index contributed by atoms with van der Waals surface area (Å²) >= 11 is 9.26. The van der Waals surface area contributed by atoms with Crippen LogP contribution in [0.1, 0.15) is 25.7 Å². The van der Waals surface area contributed by atoms with Crippen LogP contribution in [0.5, 0.6) is 0 Å². The number of anilines is 1. The fourth-order valence-electron chi connectivity index (χ4n) is 1.78. The van der Waals surface area contributed by atoms with Crippen molar-refractivity contribution in [2.75, 3.05) is 5.32 Å². The first kappa shape index (κ1) is 10.2. The molecule has 1 N–H and O–H groups in total. The average Bonchev–Trinajstić information content (AvgIpc) is 2.62. The summed E-state index contributed by atoms with van der Waals surface area (Å²) in [6.45, 7) is 0. The van der Waals surface area contributed by atoms with Gasteiger partial charge in [0.15, 0.2) is 0 Å². The van der Waals surface area contributed by atoms with E-state index >= 15 is 0 Å². The number of nitrogens with one attached hydrogen (secondary N) is 1. The van der Waals surface area contributed by atoms with Crippen LogP contribution in [0, 0.1) is 0 Å². The van der Waals surface area contributed by atoms with E-state index in [9.17, 15) is 0 Å². The van der Waals surface area contributed by atoms with E-state index in [1.807, 2.05) is 6.07 Å². The van der Waals surface area contributed by atoms with E-state index in [4.69, 9.17) is 11.6 Å². The Kier molecular flexibility index (Phi) is 3.29. The van der Waals surface area contributed by atoms with Gasteiger partial charge >= 0.3 is 0 Å². The van der Waals surface area contributed by atoms with Crippen molar-refractivity contribution in [1.82, 2.24) is 4.98 Å². The zero-order chi connectivity index (χ0) is 9.97. The normalized spacial score (nSPS) is 17.3. The van der Waals surface area contributed by atoms with Crippen LogP contribution in [0.25, 0.3) is 0 Å². The predicted octanol–water partition coefficient (Wildman–Crippen LogP) is 3.85. The summed E-state index contributed by atoms with van der Waals surface area (Å²) in [5.41, 5.74) is 0. The molecule has 0 atom stereocenters. The molecule has 0 bridgehead atoms. The Morgan fingerprint density at radius 2 is 2.14 bits per heavy atom. The highest BCUT2D eigenvalue weighted by Gasteiger charge is 2.15. The third kappa shape index (κ3) is 2.39. The van der Waals surface area contributed by atoms with Gasteiger partial charge in [-0.1, -0.05) is 24.4 Å². The van der Waals surface area contributed by atoms with Crippen LogP contribution in [0.4, 0.5) is 5.82 Å². The summed E-state index contributed by atoms with van der Waals surface area (Å²) in [5, 5.41) is 4.08. The molecule has 2 nitrogen and oxygen atoms in total. The molecule has 0 saturated heterocycles. The summed E-state index contributed by atoms with van der Waals surface area (Å²) < 4.78 is 0.942. The molecule has 0 aromatic carbocycles. The quantitative estimate of drug-likeness (QED) is 0.887. The van der Waals surface area contributed by atoms with Crippen LogP contribution in [0.2, 0.25) is 5.02 Å². The van der Waals surface area contributed by atoms with Crippen LogP contribution >= 0.6 is 27.5 Å². The highest BCUT2D eigenvalue weighted by Crippen LogP contribution is 2.27. The van der Waals surface area contributed by atoms with Gasteiger partial charge in [0.1, 0.15) is 5.82 Å². The summed E-state index contributed by atoms with van der Waals surface area (Å²) in [4.78, 5) is 4.25. The third-order valence-corrected chi connectivity index (χ3v) is 3.32. The minimum absolute atomic E-state index is 0.583. The first-order valence-electron chi connectivity index (χ1n) is 4.83. The second-order valence-electron chi connectivity index (χ2n) is 3.61. The molecule has 0 unspecified atom stereocenters. The standard InChI is InChI=1S/C10H12BrClN2/c11-9-5-7(12)6-13-10(9)14-8-3-1-2-4-8/h5-6,8H,1-4H2,(H,13,14). The van der Waals surface area contributed by atoms with Crippen LogP contribution in [-0.2, 0) is 0 Å². The van der Waals surface area contributed by atoms with Gasteiger partial charge in [-0.15, -0.1) is 0 Å². The fourth-order valence-corrected chi connectivity index (χ4v) is 2.54. The molecule has 1 aliphatic rings. The van der Waals surface area contributed by atoms with Gasteiger partial charge in [0.25, 0.3) is 0 Å². The molecular formula is C10H12BrClN2. The predicted molar refractivity (Wildman–Crippen MR) is 62.8 cm³/mol. The molecule has 0 amide bonds. The highest BCUT2D eigenvalue weighted by molar-refractivity contribution is 9.10. The second-order valence-corrected chi connectivity index (χ2v) is 4.90. The van der Waals surface area contributed by atoms with Crippen LogP contribution < -0.4 is 5.32 Å². The molecule has 1 heterocycles. The zero-order valence-corrected chi connectivity index (χ0v) is 10.1. The van der Waals surface area contributed by atoms with E-state index in [0.717, 1.165) is 10.3 Å². The molecule has 0 radical (unpaired) electrons. The zero-order valence-electron chi connectivity index (χ0n) is 7.76. The summed E-state index contributed by atoms with van der Waals surface area (Å²) in [6, 6.07) is 2.45. The number of aromatic nitrogens is 1. The Balaban J connectivity index is 2.08. The van der Waals surface area contributed by atoms with E-state index < -0.39 is 0 Å². The Labute approximate surface area is 97.2 Å². The van der Waals surface area contributed by atoms with E-state index in [0.29, 0.717) is 11.1 Å². The van der Waals surface area contributed by atoms with Crippen molar-refractivity contribution in [2.45, 2.75) is 31.7 Å². The molecule has 76 valence electrons. The van der Waals surface area contributed by atoms with E-state index in [1.165, 1.54) is 25.7 Å². The Hall–Kier alpha value is -0.280. The average molecular weight is 276 g/mol. The molecule has 1 saturated carbocycles. The second kappa shape index (κ2) is 4.49. The minimum atomic E-state index is 0.583. The van der Waals surface area contributed by atoms with Gasteiger partial charge < -0.3 is 5.32 Å². The van der Waals surface area contributed by atoms with Crippen molar-refractivity contribution >= 4 is 33.3 Å². The van der Waals surface area contributed by atoms with Gasteiger partial charge in [0, 0.05) is 12.2 Å². The molecule has 1 fully saturated rings. The molecular weight excluding hydrogens is 263 g/mol. The molecule has 0 aliphatic heterocycles. The Bertz CT molecular complexity index is 324. The number of hydrogen-bond donors (Lipinski definition) is 1. The van der Waals surface area contributed by atoms with Gasteiger partial charge in [-0.3, -0.25) is 0 Å². The molecule has 2 rings (SSSR count). The lowest BCUT2D eigenvalue weighted by Crippen LogP contribution is -2.15. The van der Waals surface area contributed by atoms with Gasteiger partial charge in [-0.05, 0) is 34.8 Å². The number of rotatable bonds is 2. The van der Waals surface area contributed by atoms with Gasteiger partial charge in [-0.25, -0.2) is 4.98 Å². The van der Waals surface area contributed by atoms with Crippen LogP contribution in [-0.4, -0.2) is 11.0 Å². The first-order valence-corrected chi connectivity index (χ1v) is 6.00. The lowest BCUT2D eigenvalue weighted by Gasteiger charge is -2.13. The topological polar surface area (TPSA) is 24.9 Å². The van der Waals surface area contributed by atoms with Crippen molar-refractivity contribution in [3.8, 4) is 0 Å². The SMILES string of the molecule is Clc1cnc(NC2CCCC2)c(Br)c1. The van der Waals surface area contributed by atoms with Gasteiger partial charge in [0.2, 0.25) is 0 Å². The summed E-state index contributed by atoms with van der Waals surface area (Å²) in [7, 11) is 0. The number of halogens is 2. The van der Waals surface area contributed by atoms with Crippen LogP contribution in [0.15, 0.2) is 16.7 Å². The fraction of sp³-hybridized carbons (Fsp3) is 0.500. The number of pyridine rings is 1. The van der Waals surface area contributed by atoms with Crippen LogP contribution in [0.3, 0.4) is 0 Å². The lowest BCUT2D eigenvalue weighted by atomic mass is 10.2. The third-order valence-electron chi connectivity index (χ3n) is 2.50. The maximum atomic E-state index is 5.81. The summed E-state index contributed by atoms with van der Waals surface area (Å²) in [5.74, 6) is 0.904. The van der Waals surface area contributed by atoms with E-state index in [1.54, 1.807) is 6.20 Å². The van der Waals surface area contributed by atoms with E-state index in [-0.39, 0.29) is 0 Å². The van der Waals surface area contributed by atoms with E-state index in [2.05, 4.69) is 26.2 Å². The van der Waals surface area contributed by atoms with Crippen molar-refractivity contribution in [2.24, 2.45) is 0 Å². The first-order chi connectivity index (χ1) is 6.75. The maximum Gasteiger partial charge on any atom is 0.140 e. The monoisotopic (exact) mass is 274 g/mol. The van der Waals surface area contributed by atoms with Crippen molar-refractivity contribution in [1.29, 1.82) is 0 Å². The Morgan fingerprint density at radius 1 is 1.43 bits per heavy atom. The van der Waals surface area contributed by atoms with Gasteiger partial charge in [-0.2, -0.15) is 0 Å². The number of hydrogen-bond acceptors (Lipinski definition) is 2. The smallest absolute Gasteiger partial charge is 0.140 e. The van der Waals surface area contributed by atoms with Crippen molar-refractivity contribution in [3.05, 3.63) is 21.8 Å². The maximum absolute atomic E-state index is 5.81. The van der Waals surface area contributed by atoms with Crippen molar-refractivity contribution < 1.29 is 0 Å². The van der Waals surface area contributed by atoms with Gasteiger partial charge in [0.05, 0.1) is 9.50 Å².